The molecule has 122 valence electrons. The lowest BCUT2D eigenvalue weighted by Gasteiger charge is -2.13. The van der Waals surface area contributed by atoms with Crippen LogP contribution in [0.25, 0.3) is 0 Å². The molecule has 1 atom stereocenters. The highest BCUT2D eigenvalue weighted by Gasteiger charge is 2.18. The molecular weight excluding hydrogens is 316 g/mol. The topological polar surface area (TPSA) is 69.7 Å². The summed E-state index contributed by atoms with van der Waals surface area (Å²) in [4.78, 5) is 11.9. The van der Waals surface area contributed by atoms with Gasteiger partial charge in [0.15, 0.2) is 0 Å². The molecule has 0 N–H and O–H groups in total. The number of carbonyl (C=O) groups excluding carboxylic acids is 1. The zero-order valence-corrected chi connectivity index (χ0v) is 13.7. The first-order valence-electron chi connectivity index (χ1n) is 7.10. The Hall–Kier alpha value is -2.18. The summed E-state index contributed by atoms with van der Waals surface area (Å²) in [6.07, 6.45) is -0.692. The number of esters is 1. The summed E-state index contributed by atoms with van der Waals surface area (Å²) < 4.78 is 34.2. The molecule has 0 aliphatic carbocycles. The molecule has 6 heteroatoms. The minimum Gasteiger partial charge on any atom is -0.457 e. The second-order valence-corrected chi connectivity index (χ2v) is 6.75. The van der Waals surface area contributed by atoms with Gasteiger partial charge in [0.2, 0.25) is 0 Å². The fourth-order valence-corrected chi connectivity index (χ4v) is 2.79. The van der Waals surface area contributed by atoms with Crippen molar-refractivity contribution in [2.24, 2.45) is 0 Å². The number of aryl methyl sites for hydroxylation is 1. The third-order valence-electron chi connectivity index (χ3n) is 3.09. The summed E-state index contributed by atoms with van der Waals surface area (Å²) in [5.41, 5.74) is 1.36. The lowest BCUT2D eigenvalue weighted by molar-refractivity contribution is 0.0234. The van der Waals surface area contributed by atoms with Crippen molar-refractivity contribution in [1.29, 1.82) is 0 Å². The first-order valence-corrected chi connectivity index (χ1v) is 8.51. The smallest absolute Gasteiger partial charge is 0.338 e. The second kappa shape index (κ2) is 7.39. The van der Waals surface area contributed by atoms with Crippen molar-refractivity contribution in [1.82, 2.24) is 0 Å². The van der Waals surface area contributed by atoms with Gasteiger partial charge in [-0.3, -0.25) is 4.18 Å². The van der Waals surface area contributed by atoms with Gasteiger partial charge < -0.3 is 4.74 Å². The van der Waals surface area contributed by atoms with Crippen molar-refractivity contribution in [3.05, 3.63) is 65.7 Å². The molecule has 0 aliphatic rings. The number of benzene rings is 2. The average molecular weight is 334 g/mol. The third kappa shape index (κ3) is 4.91. The molecule has 0 spiro atoms. The summed E-state index contributed by atoms with van der Waals surface area (Å²) in [6, 6.07) is 14.8. The van der Waals surface area contributed by atoms with Gasteiger partial charge in [-0.25, -0.2) is 4.79 Å². The Balaban J connectivity index is 1.92. The Bertz CT molecular complexity index is 751. The SMILES string of the molecule is Cc1ccc(S(=O)(=O)OCC(C)OC(=O)c2ccccc2)cc1. The maximum Gasteiger partial charge on any atom is 0.338 e. The summed E-state index contributed by atoms with van der Waals surface area (Å²) in [5, 5.41) is 0. The summed E-state index contributed by atoms with van der Waals surface area (Å²) in [5.74, 6) is -0.519. The molecule has 1 unspecified atom stereocenters. The van der Waals surface area contributed by atoms with E-state index in [-0.39, 0.29) is 11.5 Å². The van der Waals surface area contributed by atoms with Crippen molar-refractivity contribution < 1.29 is 22.1 Å². The molecule has 0 fully saturated rings. The molecule has 23 heavy (non-hydrogen) atoms. The quantitative estimate of drug-likeness (QED) is 0.600. The molecule has 0 bridgehead atoms. The van der Waals surface area contributed by atoms with E-state index in [1.807, 2.05) is 6.92 Å². The Morgan fingerprint density at radius 3 is 2.26 bits per heavy atom. The molecule has 0 saturated carbocycles. The highest BCUT2D eigenvalue weighted by Crippen LogP contribution is 2.14. The first-order chi connectivity index (χ1) is 10.9. The van der Waals surface area contributed by atoms with Gasteiger partial charge in [0.25, 0.3) is 10.1 Å². The minimum atomic E-state index is -3.86. The Kier molecular flexibility index (Phi) is 5.52. The molecule has 2 aromatic carbocycles. The number of hydrogen-bond acceptors (Lipinski definition) is 5. The number of hydrogen-bond donors (Lipinski definition) is 0. The van der Waals surface area contributed by atoms with Crippen molar-refractivity contribution >= 4 is 16.1 Å². The summed E-state index contributed by atoms with van der Waals surface area (Å²) in [6.45, 7) is 3.20. The monoisotopic (exact) mass is 334 g/mol. The molecule has 2 aromatic rings. The molecule has 0 amide bonds. The molecule has 0 aromatic heterocycles. The van der Waals surface area contributed by atoms with Gasteiger partial charge in [0.05, 0.1) is 10.5 Å². The van der Waals surface area contributed by atoms with E-state index in [1.54, 1.807) is 49.4 Å². The van der Waals surface area contributed by atoms with Crippen molar-refractivity contribution in [3.8, 4) is 0 Å². The van der Waals surface area contributed by atoms with Gasteiger partial charge >= 0.3 is 5.97 Å². The van der Waals surface area contributed by atoms with Crippen LogP contribution >= 0.6 is 0 Å². The summed E-state index contributed by atoms with van der Waals surface area (Å²) in [7, 11) is -3.86. The fourth-order valence-electron chi connectivity index (χ4n) is 1.82. The lowest BCUT2D eigenvalue weighted by Crippen LogP contribution is -2.22. The highest BCUT2D eigenvalue weighted by atomic mass is 32.2. The molecule has 5 nitrogen and oxygen atoms in total. The molecule has 0 aliphatic heterocycles. The van der Waals surface area contributed by atoms with Crippen LogP contribution in [0, 0.1) is 6.92 Å². The Morgan fingerprint density at radius 2 is 1.65 bits per heavy atom. The molecule has 0 radical (unpaired) electrons. The standard InChI is InChI=1S/C17H18O5S/c1-13-8-10-16(11-9-13)23(19,20)21-12-14(2)22-17(18)15-6-4-3-5-7-15/h3-11,14H,12H2,1-2H3. The van der Waals surface area contributed by atoms with Crippen molar-refractivity contribution in [3.63, 3.8) is 0 Å². The highest BCUT2D eigenvalue weighted by molar-refractivity contribution is 7.86. The van der Waals surface area contributed by atoms with Gasteiger partial charge in [0, 0.05) is 0 Å². The number of rotatable bonds is 6. The van der Waals surface area contributed by atoms with Crippen LogP contribution in [-0.2, 0) is 19.0 Å². The van der Waals surface area contributed by atoms with E-state index >= 15 is 0 Å². The van der Waals surface area contributed by atoms with E-state index in [2.05, 4.69) is 0 Å². The average Bonchev–Trinajstić information content (AvgIpc) is 2.54. The normalized spacial score (nSPS) is 12.6. The molecule has 0 saturated heterocycles. The van der Waals surface area contributed by atoms with Crippen LogP contribution in [0.1, 0.15) is 22.8 Å². The van der Waals surface area contributed by atoms with E-state index in [0.29, 0.717) is 5.56 Å². The Labute approximate surface area is 136 Å². The second-order valence-electron chi connectivity index (χ2n) is 5.13. The summed E-state index contributed by atoms with van der Waals surface area (Å²) >= 11 is 0. The van der Waals surface area contributed by atoms with Crippen LogP contribution < -0.4 is 0 Å². The van der Waals surface area contributed by atoms with E-state index in [9.17, 15) is 13.2 Å². The van der Waals surface area contributed by atoms with Crippen molar-refractivity contribution in [2.75, 3.05) is 6.61 Å². The predicted molar refractivity (Wildman–Crippen MR) is 85.6 cm³/mol. The third-order valence-corrected chi connectivity index (χ3v) is 4.38. The number of carbonyl (C=O) groups is 1. The van der Waals surface area contributed by atoms with Crippen LogP contribution in [0.3, 0.4) is 0 Å². The van der Waals surface area contributed by atoms with Crippen LogP contribution in [0.4, 0.5) is 0 Å². The van der Waals surface area contributed by atoms with Crippen molar-refractivity contribution in [2.45, 2.75) is 24.8 Å². The molecular formula is C17H18O5S. The van der Waals surface area contributed by atoms with Gasteiger partial charge in [-0.1, -0.05) is 35.9 Å². The van der Waals surface area contributed by atoms with Crippen LogP contribution in [0.5, 0.6) is 0 Å². The van der Waals surface area contributed by atoms with Crippen LogP contribution in [0.2, 0.25) is 0 Å². The maximum atomic E-state index is 12.0. The lowest BCUT2D eigenvalue weighted by atomic mass is 10.2. The van der Waals surface area contributed by atoms with Gasteiger partial charge in [-0.05, 0) is 38.1 Å². The van der Waals surface area contributed by atoms with Crippen LogP contribution in [-0.4, -0.2) is 27.1 Å². The molecule has 0 heterocycles. The minimum absolute atomic E-state index is 0.0738. The zero-order valence-electron chi connectivity index (χ0n) is 12.9. The first kappa shape index (κ1) is 17.2. The fraction of sp³-hybridized carbons (Fsp3) is 0.235. The van der Waals surface area contributed by atoms with E-state index in [1.165, 1.54) is 12.1 Å². The van der Waals surface area contributed by atoms with E-state index in [4.69, 9.17) is 8.92 Å². The predicted octanol–water partition coefficient (Wildman–Crippen LogP) is 2.95. The van der Waals surface area contributed by atoms with Gasteiger partial charge in [-0.15, -0.1) is 0 Å². The Morgan fingerprint density at radius 1 is 1.04 bits per heavy atom. The zero-order chi connectivity index (χ0) is 16.9. The van der Waals surface area contributed by atoms with E-state index in [0.717, 1.165) is 5.56 Å². The molecule has 2 rings (SSSR count). The maximum absolute atomic E-state index is 12.0. The van der Waals surface area contributed by atoms with Gasteiger partial charge in [-0.2, -0.15) is 8.42 Å². The number of ether oxygens (including phenoxy) is 1. The largest absolute Gasteiger partial charge is 0.457 e. The van der Waals surface area contributed by atoms with Crippen LogP contribution in [0.15, 0.2) is 59.5 Å². The van der Waals surface area contributed by atoms with Gasteiger partial charge in [0.1, 0.15) is 12.7 Å². The van der Waals surface area contributed by atoms with E-state index < -0.39 is 22.2 Å².